The second-order valence-electron chi connectivity index (χ2n) is 4.37. The highest BCUT2D eigenvalue weighted by atomic mass is 16.5. The summed E-state index contributed by atoms with van der Waals surface area (Å²) in [6.45, 7) is 7.08. The van der Waals surface area contributed by atoms with Crippen LogP contribution in [0.1, 0.15) is 38.1 Å². The van der Waals surface area contributed by atoms with E-state index in [4.69, 9.17) is 9.26 Å². The van der Waals surface area contributed by atoms with Crippen LogP contribution in [0.5, 0.6) is 5.88 Å². The lowest BCUT2D eigenvalue weighted by molar-refractivity contribution is 0.323. The van der Waals surface area contributed by atoms with Gasteiger partial charge >= 0.3 is 6.01 Å². The largest absolute Gasteiger partial charge is 0.478 e. The molecule has 0 aliphatic rings. The van der Waals surface area contributed by atoms with Crippen molar-refractivity contribution in [3.63, 3.8) is 0 Å². The van der Waals surface area contributed by atoms with Crippen LogP contribution in [0.25, 0.3) is 0 Å². The number of rotatable bonds is 6. The molecule has 0 unspecified atom stereocenters. The van der Waals surface area contributed by atoms with Crippen LogP contribution in [0.3, 0.4) is 0 Å². The average molecular weight is 262 g/mol. The van der Waals surface area contributed by atoms with E-state index < -0.39 is 0 Å². The maximum atomic E-state index is 5.45. The second kappa shape index (κ2) is 6.17. The third-order valence-electron chi connectivity index (χ3n) is 2.52. The molecule has 1 N–H and O–H groups in total. The summed E-state index contributed by atoms with van der Waals surface area (Å²) in [5, 5.41) is 6.97. The van der Waals surface area contributed by atoms with E-state index in [0.717, 1.165) is 5.56 Å². The van der Waals surface area contributed by atoms with Gasteiger partial charge in [0, 0.05) is 24.2 Å². The van der Waals surface area contributed by atoms with Crippen molar-refractivity contribution in [2.75, 3.05) is 11.9 Å². The predicted molar refractivity (Wildman–Crippen MR) is 71.1 cm³/mol. The fraction of sp³-hybridized carbons (Fsp3) is 0.462. The summed E-state index contributed by atoms with van der Waals surface area (Å²) < 4.78 is 10.6. The average Bonchev–Trinajstić information content (AvgIpc) is 2.87. The molecular formula is C13H18N4O2. The fourth-order valence-electron chi connectivity index (χ4n) is 1.54. The monoisotopic (exact) mass is 262 g/mol. The maximum Gasteiger partial charge on any atom is 0.321 e. The van der Waals surface area contributed by atoms with Crippen LogP contribution in [-0.2, 0) is 6.54 Å². The molecule has 2 rings (SSSR count). The first kappa shape index (κ1) is 13.3. The predicted octanol–water partition coefficient (Wildman–Crippen LogP) is 2.60. The molecule has 0 atom stereocenters. The Bertz CT molecular complexity index is 525. The van der Waals surface area contributed by atoms with Gasteiger partial charge in [-0.05, 0) is 13.0 Å². The van der Waals surface area contributed by atoms with Crippen molar-refractivity contribution < 1.29 is 9.26 Å². The number of ether oxygens (including phenoxy) is 1. The smallest absolute Gasteiger partial charge is 0.321 e. The Hall–Kier alpha value is -2.11. The number of aromatic nitrogens is 3. The molecule has 19 heavy (non-hydrogen) atoms. The zero-order valence-electron chi connectivity index (χ0n) is 11.4. The Morgan fingerprint density at radius 3 is 2.95 bits per heavy atom. The molecule has 0 radical (unpaired) electrons. The Labute approximate surface area is 112 Å². The first-order chi connectivity index (χ1) is 9.20. The van der Waals surface area contributed by atoms with Crippen molar-refractivity contribution in [3.8, 4) is 5.88 Å². The summed E-state index contributed by atoms with van der Waals surface area (Å²) >= 11 is 0. The first-order valence-electron chi connectivity index (χ1n) is 6.35. The van der Waals surface area contributed by atoms with Gasteiger partial charge < -0.3 is 14.6 Å². The van der Waals surface area contributed by atoms with Crippen molar-refractivity contribution in [1.82, 2.24) is 15.1 Å². The molecule has 0 amide bonds. The van der Waals surface area contributed by atoms with Crippen LogP contribution in [0, 0.1) is 0 Å². The van der Waals surface area contributed by atoms with Gasteiger partial charge in [-0.15, -0.1) is 0 Å². The number of hydrogen-bond acceptors (Lipinski definition) is 6. The lowest BCUT2D eigenvalue weighted by Crippen LogP contribution is -2.04. The molecule has 0 fully saturated rings. The van der Waals surface area contributed by atoms with Crippen LogP contribution >= 0.6 is 0 Å². The van der Waals surface area contributed by atoms with E-state index in [1.54, 1.807) is 6.20 Å². The van der Waals surface area contributed by atoms with E-state index >= 15 is 0 Å². The van der Waals surface area contributed by atoms with Crippen molar-refractivity contribution in [2.24, 2.45) is 0 Å². The molecule has 0 saturated carbocycles. The van der Waals surface area contributed by atoms with Gasteiger partial charge in [-0.2, -0.15) is 4.98 Å². The Morgan fingerprint density at radius 1 is 1.42 bits per heavy atom. The highest BCUT2D eigenvalue weighted by Gasteiger charge is 2.10. The maximum absolute atomic E-state index is 5.45. The minimum atomic E-state index is 0.247. The van der Waals surface area contributed by atoms with E-state index in [0.29, 0.717) is 30.9 Å². The quantitative estimate of drug-likeness (QED) is 0.862. The molecule has 0 bridgehead atoms. The fourth-order valence-corrected chi connectivity index (χ4v) is 1.54. The summed E-state index contributed by atoms with van der Waals surface area (Å²) in [4.78, 5) is 8.44. The van der Waals surface area contributed by atoms with Gasteiger partial charge in [0.2, 0.25) is 5.88 Å². The van der Waals surface area contributed by atoms with Crippen molar-refractivity contribution >= 4 is 6.01 Å². The minimum absolute atomic E-state index is 0.247. The molecule has 6 nitrogen and oxygen atoms in total. The molecule has 2 aromatic heterocycles. The molecule has 0 spiro atoms. The van der Waals surface area contributed by atoms with Gasteiger partial charge in [0.15, 0.2) is 5.82 Å². The van der Waals surface area contributed by atoms with E-state index in [9.17, 15) is 0 Å². The van der Waals surface area contributed by atoms with Crippen LogP contribution in [0.15, 0.2) is 22.9 Å². The van der Waals surface area contributed by atoms with Gasteiger partial charge in [0.05, 0.1) is 6.61 Å². The lowest BCUT2D eigenvalue weighted by atomic mass is 10.2. The van der Waals surface area contributed by atoms with Gasteiger partial charge in [-0.3, -0.25) is 0 Å². The van der Waals surface area contributed by atoms with Gasteiger partial charge in [0.1, 0.15) is 0 Å². The number of nitrogens with zero attached hydrogens (tertiary/aromatic N) is 3. The molecular weight excluding hydrogens is 244 g/mol. The van der Waals surface area contributed by atoms with Crippen molar-refractivity contribution in [1.29, 1.82) is 0 Å². The SMILES string of the molecule is CCOc1ncccc1CNc1nc(C(C)C)no1. The molecule has 0 aliphatic carbocycles. The molecule has 2 aromatic rings. The van der Waals surface area contributed by atoms with Crippen LogP contribution in [-0.4, -0.2) is 21.7 Å². The Balaban J connectivity index is 2.01. The molecule has 102 valence electrons. The Kier molecular flexibility index (Phi) is 4.33. The number of anilines is 1. The molecule has 6 heteroatoms. The van der Waals surface area contributed by atoms with Gasteiger partial charge in [0.25, 0.3) is 0 Å². The summed E-state index contributed by atoms with van der Waals surface area (Å²) in [6.07, 6.45) is 1.71. The summed E-state index contributed by atoms with van der Waals surface area (Å²) in [6, 6.07) is 4.23. The third-order valence-corrected chi connectivity index (χ3v) is 2.52. The lowest BCUT2D eigenvalue weighted by Gasteiger charge is -2.08. The highest BCUT2D eigenvalue weighted by Crippen LogP contribution is 2.17. The standard InChI is InChI=1S/C13H18N4O2/c1-4-18-12-10(6-5-7-14-12)8-15-13-16-11(9(2)3)17-19-13/h5-7,9H,4,8H2,1-3H3,(H,15,16,17). The van der Waals surface area contributed by atoms with Gasteiger partial charge in [-0.25, -0.2) is 4.98 Å². The molecule has 0 aliphatic heterocycles. The summed E-state index contributed by atoms with van der Waals surface area (Å²) in [5.74, 6) is 1.57. The van der Waals surface area contributed by atoms with Crippen molar-refractivity contribution in [2.45, 2.75) is 33.2 Å². The van der Waals surface area contributed by atoms with Gasteiger partial charge in [-0.1, -0.05) is 25.1 Å². The molecule has 0 aromatic carbocycles. The van der Waals surface area contributed by atoms with E-state index in [1.807, 2.05) is 32.9 Å². The minimum Gasteiger partial charge on any atom is -0.478 e. The number of nitrogens with one attached hydrogen (secondary N) is 1. The van der Waals surface area contributed by atoms with Crippen LogP contribution in [0.2, 0.25) is 0 Å². The van der Waals surface area contributed by atoms with E-state index in [2.05, 4.69) is 20.4 Å². The van der Waals surface area contributed by atoms with Crippen molar-refractivity contribution in [3.05, 3.63) is 29.7 Å². The molecule has 2 heterocycles. The van der Waals surface area contributed by atoms with Crippen LogP contribution in [0.4, 0.5) is 6.01 Å². The zero-order valence-corrected chi connectivity index (χ0v) is 11.4. The van der Waals surface area contributed by atoms with E-state index in [-0.39, 0.29) is 5.92 Å². The first-order valence-corrected chi connectivity index (χ1v) is 6.35. The topological polar surface area (TPSA) is 73.1 Å². The third kappa shape index (κ3) is 3.43. The van der Waals surface area contributed by atoms with E-state index in [1.165, 1.54) is 0 Å². The Morgan fingerprint density at radius 2 is 2.26 bits per heavy atom. The highest BCUT2D eigenvalue weighted by molar-refractivity contribution is 5.30. The van der Waals surface area contributed by atoms with Crippen LogP contribution < -0.4 is 10.1 Å². The zero-order chi connectivity index (χ0) is 13.7. The number of hydrogen-bond donors (Lipinski definition) is 1. The summed E-state index contributed by atoms with van der Waals surface area (Å²) in [7, 11) is 0. The second-order valence-corrected chi connectivity index (χ2v) is 4.37. The molecule has 0 saturated heterocycles. The number of pyridine rings is 1. The normalized spacial score (nSPS) is 10.7. The summed E-state index contributed by atoms with van der Waals surface area (Å²) in [5.41, 5.74) is 0.952.